The molecule has 2 rings (SSSR count). The molecular formula is C17H20BrF2N3OS2. The maximum Gasteiger partial charge on any atom is 0.187 e. The summed E-state index contributed by atoms with van der Waals surface area (Å²) in [4.78, 5) is 8.58. The molecule has 2 aromatic rings. The first kappa shape index (κ1) is 21.2. The summed E-state index contributed by atoms with van der Waals surface area (Å²) in [7, 11) is -3.24. The fourth-order valence-electron chi connectivity index (χ4n) is 2.43. The highest BCUT2D eigenvalue weighted by Crippen LogP contribution is 2.38. The van der Waals surface area contributed by atoms with Gasteiger partial charge in [-0.25, -0.2) is 23.0 Å². The summed E-state index contributed by atoms with van der Waals surface area (Å²) in [5, 5.41) is -0.380. The second-order valence-electron chi connectivity index (χ2n) is 6.77. The van der Waals surface area contributed by atoms with Gasteiger partial charge in [-0.05, 0) is 67.1 Å². The van der Waals surface area contributed by atoms with Crippen LogP contribution >= 0.6 is 27.7 Å². The molecule has 26 heavy (non-hydrogen) atoms. The predicted molar refractivity (Wildman–Crippen MR) is 105 cm³/mol. The standard InChI is InChI=1S/C17H20BrF2N3OS2/c1-17(2,3)26(21,24)14(7-10-5-11(19)8-12(20)6-10)15-13(18)9-22-16(23-15)25-4/h5-6,8-9,14,21H,7H2,1-4H3/t14-,26?/m1/s1. The molecule has 1 aromatic heterocycles. The van der Waals surface area contributed by atoms with Crippen LogP contribution in [-0.2, 0) is 16.1 Å². The van der Waals surface area contributed by atoms with Crippen LogP contribution in [-0.4, -0.2) is 25.2 Å². The number of nitrogens with zero attached hydrogens (tertiary/aromatic N) is 2. The highest BCUT2D eigenvalue weighted by atomic mass is 79.9. The van der Waals surface area contributed by atoms with Crippen LogP contribution in [0.1, 0.15) is 37.3 Å². The summed E-state index contributed by atoms with van der Waals surface area (Å²) >= 11 is 4.69. The fraction of sp³-hybridized carbons (Fsp3) is 0.412. The first-order valence-electron chi connectivity index (χ1n) is 7.74. The van der Waals surface area contributed by atoms with Crippen molar-refractivity contribution in [1.82, 2.24) is 9.97 Å². The van der Waals surface area contributed by atoms with E-state index in [0.717, 1.165) is 6.07 Å². The number of halogens is 3. The minimum Gasteiger partial charge on any atom is -0.252 e. The number of hydrogen-bond donors (Lipinski definition) is 1. The van der Waals surface area contributed by atoms with Gasteiger partial charge in [0.05, 0.1) is 25.1 Å². The summed E-state index contributed by atoms with van der Waals surface area (Å²) in [6.45, 7) is 5.14. The Bertz CT molecular complexity index is 894. The predicted octanol–water partition coefficient (Wildman–Crippen LogP) is 5.37. The van der Waals surface area contributed by atoms with E-state index >= 15 is 0 Å². The highest BCUT2D eigenvalue weighted by molar-refractivity contribution is 9.10. The Kier molecular flexibility index (Phi) is 6.45. The molecule has 0 aliphatic heterocycles. The van der Waals surface area contributed by atoms with Crippen LogP contribution in [0.25, 0.3) is 0 Å². The van der Waals surface area contributed by atoms with Crippen LogP contribution in [0.4, 0.5) is 8.78 Å². The fourth-order valence-corrected chi connectivity index (χ4v) is 5.17. The molecule has 1 N–H and O–H groups in total. The Morgan fingerprint density at radius 1 is 1.27 bits per heavy atom. The van der Waals surface area contributed by atoms with Gasteiger partial charge in [0.25, 0.3) is 0 Å². The zero-order chi connectivity index (χ0) is 19.7. The largest absolute Gasteiger partial charge is 0.252 e. The Morgan fingerprint density at radius 3 is 2.35 bits per heavy atom. The molecule has 0 saturated carbocycles. The summed E-state index contributed by atoms with van der Waals surface area (Å²) in [5.74, 6) is -1.42. The smallest absolute Gasteiger partial charge is 0.187 e. The number of thioether (sulfide) groups is 1. The molecule has 2 atom stereocenters. The van der Waals surface area contributed by atoms with Crippen LogP contribution in [0, 0.1) is 16.4 Å². The third-order valence-electron chi connectivity index (χ3n) is 3.89. The van der Waals surface area contributed by atoms with E-state index in [1.54, 1.807) is 27.0 Å². The number of rotatable bonds is 5. The normalized spacial score (nSPS) is 15.5. The first-order chi connectivity index (χ1) is 12.0. The average Bonchev–Trinajstić information content (AvgIpc) is 2.51. The van der Waals surface area contributed by atoms with Crippen molar-refractivity contribution in [3.05, 3.63) is 51.8 Å². The molecule has 0 fully saturated rings. The molecule has 0 radical (unpaired) electrons. The van der Waals surface area contributed by atoms with Gasteiger partial charge >= 0.3 is 0 Å². The maximum absolute atomic E-state index is 13.6. The van der Waals surface area contributed by atoms with E-state index in [1.807, 2.05) is 6.26 Å². The first-order valence-corrected chi connectivity index (χ1v) is 11.4. The summed E-state index contributed by atoms with van der Waals surface area (Å²) in [6.07, 6.45) is 3.38. The third kappa shape index (κ3) is 4.61. The van der Waals surface area contributed by atoms with Gasteiger partial charge in [-0.2, -0.15) is 0 Å². The van der Waals surface area contributed by atoms with E-state index in [2.05, 4.69) is 25.9 Å². The number of aromatic nitrogens is 2. The van der Waals surface area contributed by atoms with Crippen LogP contribution in [0.5, 0.6) is 0 Å². The Balaban J connectivity index is 2.64. The molecule has 142 valence electrons. The van der Waals surface area contributed by atoms with Gasteiger partial charge in [0.1, 0.15) is 11.6 Å². The lowest BCUT2D eigenvalue weighted by molar-refractivity contribution is 0.577. The van der Waals surface area contributed by atoms with E-state index in [9.17, 15) is 13.0 Å². The van der Waals surface area contributed by atoms with E-state index in [4.69, 9.17) is 4.78 Å². The number of benzene rings is 1. The molecule has 0 saturated heterocycles. The van der Waals surface area contributed by atoms with E-state index < -0.39 is 31.4 Å². The molecule has 0 aliphatic carbocycles. The Hall–Kier alpha value is -1.06. The minimum atomic E-state index is -3.24. The van der Waals surface area contributed by atoms with Crippen molar-refractivity contribution in [1.29, 1.82) is 4.78 Å². The zero-order valence-corrected chi connectivity index (χ0v) is 18.1. The SMILES string of the molecule is CSc1ncc(Br)c([C@@H](Cc2cc(F)cc(F)c2)S(=N)(=O)C(C)(C)C)n1. The highest BCUT2D eigenvalue weighted by Gasteiger charge is 2.37. The van der Waals surface area contributed by atoms with Crippen molar-refractivity contribution in [2.75, 3.05) is 6.26 Å². The van der Waals surface area contributed by atoms with E-state index in [1.165, 1.54) is 23.9 Å². The number of hydrogen-bond acceptors (Lipinski definition) is 5. The van der Waals surface area contributed by atoms with E-state index in [-0.39, 0.29) is 6.42 Å². The van der Waals surface area contributed by atoms with Crippen molar-refractivity contribution < 1.29 is 13.0 Å². The molecule has 0 spiro atoms. The van der Waals surface area contributed by atoms with Crippen molar-refractivity contribution >= 4 is 37.4 Å². The summed E-state index contributed by atoms with van der Waals surface area (Å²) < 4.78 is 48.9. The van der Waals surface area contributed by atoms with Crippen LogP contribution in [0.15, 0.2) is 34.0 Å². The second-order valence-corrected chi connectivity index (χ2v) is 11.4. The van der Waals surface area contributed by atoms with Gasteiger partial charge < -0.3 is 0 Å². The quantitative estimate of drug-likeness (QED) is 0.478. The zero-order valence-electron chi connectivity index (χ0n) is 14.8. The van der Waals surface area contributed by atoms with Gasteiger partial charge in [0.15, 0.2) is 5.16 Å². The summed E-state index contributed by atoms with van der Waals surface area (Å²) in [5.41, 5.74) is 0.733. The summed E-state index contributed by atoms with van der Waals surface area (Å²) in [6, 6.07) is 3.17. The Labute approximate surface area is 165 Å². The molecule has 4 nitrogen and oxygen atoms in total. The lowest BCUT2D eigenvalue weighted by Gasteiger charge is -2.30. The molecule has 1 unspecified atom stereocenters. The molecular weight excluding hydrogens is 444 g/mol. The minimum absolute atomic E-state index is 0.0255. The number of nitrogens with one attached hydrogen (secondary N) is 1. The monoisotopic (exact) mass is 463 g/mol. The van der Waals surface area contributed by atoms with Crippen molar-refractivity contribution in [3.8, 4) is 0 Å². The Morgan fingerprint density at radius 2 is 1.85 bits per heavy atom. The molecule has 1 heterocycles. The van der Waals surface area contributed by atoms with Gasteiger partial charge in [-0.1, -0.05) is 11.8 Å². The van der Waals surface area contributed by atoms with Gasteiger partial charge in [0.2, 0.25) is 0 Å². The average molecular weight is 464 g/mol. The van der Waals surface area contributed by atoms with Crippen LogP contribution in [0.2, 0.25) is 0 Å². The van der Waals surface area contributed by atoms with Crippen molar-refractivity contribution in [2.45, 2.75) is 42.3 Å². The third-order valence-corrected chi connectivity index (χ3v) is 8.07. The topological polar surface area (TPSA) is 66.7 Å². The second kappa shape index (κ2) is 7.90. The molecule has 0 amide bonds. The van der Waals surface area contributed by atoms with Gasteiger partial charge in [-0.15, -0.1) is 0 Å². The molecule has 0 aliphatic rings. The van der Waals surface area contributed by atoms with Crippen molar-refractivity contribution in [2.24, 2.45) is 0 Å². The van der Waals surface area contributed by atoms with Gasteiger partial charge in [0, 0.05) is 17.0 Å². The van der Waals surface area contributed by atoms with Crippen LogP contribution in [0.3, 0.4) is 0 Å². The molecule has 1 aromatic carbocycles. The molecule has 0 bridgehead atoms. The lowest BCUT2D eigenvalue weighted by atomic mass is 10.1. The maximum atomic E-state index is 13.6. The van der Waals surface area contributed by atoms with Crippen molar-refractivity contribution in [3.63, 3.8) is 0 Å². The lowest BCUT2D eigenvalue weighted by Crippen LogP contribution is -2.33. The molecule has 9 heteroatoms. The van der Waals surface area contributed by atoms with Crippen LogP contribution < -0.4 is 0 Å². The van der Waals surface area contributed by atoms with E-state index in [0.29, 0.717) is 20.9 Å². The van der Waals surface area contributed by atoms with Gasteiger partial charge in [-0.3, -0.25) is 4.78 Å².